The first-order valence-electron chi connectivity index (χ1n) is 5.59. The maximum Gasteiger partial charge on any atom is 0.320 e. The molecule has 0 saturated carbocycles. The molecule has 1 unspecified atom stereocenters. The Hall–Kier alpha value is -1.14. The minimum absolute atomic E-state index is 0.468. The quantitative estimate of drug-likeness (QED) is 0.540. The van der Waals surface area contributed by atoms with Crippen molar-refractivity contribution in [1.29, 1.82) is 0 Å². The van der Waals surface area contributed by atoms with Gasteiger partial charge in [-0.15, -0.1) is 11.8 Å². The van der Waals surface area contributed by atoms with E-state index in [-0.39, 0.29) is 0 Å². The van der Waals surface area contributed by atoms with Gasteiger partial charge in [0.1, 0.15) is 12.4 Å². The number of carboxylic acid groups (broad SMARTS) is 1. The first-order chi connectivity index (χ1) is 8.24. The number of hydrogen-bond acceptors (Lipinski definition) is 5. The average Bonchev–Trinajstić information content (AvgIpc) is 2.34. The first-order valence-corrected chi connectivity index (χ1v) is 6.57. The van der Waals surface area contributed by atoms with E-state index in [1.807, 2.05) is 13.0 Å². The lowest BCUT2D eigenvalue weighted by Crippen LogP contribution is -2.37. The first kappa shape index (κ1) is 13.9. The zero-order valence-corrected chi connectivity index (χ0v) is 10.6. The summed E-state index contributed by atoms with van der Waals surface area (Å²) in [4.78, 5) is 18.8. The van der Waals surface area contributed by atoms with E-state index >= 15 is 0 Å². The van der Waals surface area contributed by atoms with Crippen molar-refractivity contribution in [2.45, 2.75) is 30.8 Å². The Morgan fingerprint density at radius 1 is 1.65 bits per heavy atom. The van der Waals surface area contributed by atoms with E-state index in [9.17, 15) is 4.79 Å². The number of aromatic nitrogens is 2. The molecular formula is C11H17N3O2S. The van der Waals surface area contributed by atoms with Crippen molar-refractivity contribution in [2.24, 2.45) is 0 Å². The maximum atomic E-state index is 11.0. The average molecular weight is 255 g/mol. The van der Waals surface area contributed by atoms with Gasteiger partial charge in [0.15, 0.2) is 0 Å². The minimum Gasteiger partial charge on any atom is -0.480 e. The molecule has 0 saturated heterocycles. The van der Waals surface area contributed by atoms with Crippen molar-refractivity contribution in [3.8, 4) is 0 Å². The number of rotatable bonds is 8. The molecule has 2 N–H and O–H groups in total. The van der Waals surface area contributed by atoms with E-state index < -0.39 is 12.0 Å². The van der Waals surface area contributed by atoms with Gasteiger partial charge in [0, 0.05) is 11.9 Å². The van der Waals surface area contributed by atoms with Crippen LogP contribution in [0.2, 0.25) is 0 Å². The number of carboxylic acids is 1. The molecule has 0 bridgehead atoms. The van der Waals surface area contributed by atoms with Crippen LogP contribution in [0.3, 0.4) is 0 Å². The Morgan fingerprint density at radius 2 is 2.47 bits per heavy atom. The van der Waals surface area contributed by atoms with Crippen molar-refractivity contribution >= 4 is 17.7 Å². The zero-order chi connectivity index (χ0) is 12.5. The molecule has 0 aromatic carbocycles. The van der Waals surface area contributed by atoms with E-state index in [2.05, 4.69) is 15.3 Å². The highest BCUT2D eigenvalue weighted by molar-refractivity contribution is 7.99. The fourth-order valence-electron chi connectivity index (χ4n) is 1.28. The van der Waals surface area contributed by atoms with Gasteiger partial charge >= 0.3 is 5.97 Å². The summed E-state index contributed by atoms with van der Waals surface area (Å²) in [6.07, 6.45) is 4.69. The Kier molecular flexibility index (Phi) is 6.57. The Bertz CT molecular complexity index is 335. The van der Waals surface area contributed by atoms with Crippen LogP contribution in [-0.4, -0.2) is 39.4 Å². The van der Waals surface area contributed by atoms with E-state index in [1.165, 1.54) is 6.33 Å². The number of aliphatic carboxylic acids is 1. The van der Waals surface area contributed by atoms with Gasteiger partial charge in [0.2, 0.25) is 0 Å². The molecule has 0 aliphatic carbocycles. The summed E-state index contributed by atoms with van der Waals surface area (Å²) in [6.45, 7) is 2.75. The van der Waals surface area contributed by atoms with Gasteiger partial charge in [-0.05, 0) is 25.5 Å². The number of thioether (sulfide) groups is 1. The highest BCUT2D eigenvalue weighted by atomic mass is 32.2. The second kappa shape index (κ2) is 8.03. The van der Waals surface area contributed by atoms with Gasteiger partial charge < -0.3 is 10.4 Å². The summed E-state index contributed by atoms with van der Waals surface area (Å²) in [7, 11) is 0. The van der Waals surface area contributed by atoms with E-state index in [1.54, 1.807) is 18.0 Å². The molecule has 0 aliphatic rings. The summed E-state index contributed by atoms with van der Waals surface area (Å²) in [5.41, 5.74) is 0. The molecule has 1 aromatic rings. The number of hydrogen-bond donors (Lipinski definition) is 2. The molecule has 5 nitrogen and oxygen atoms in total. The Labute approximate surface area is 105 Å². The summed E-state index contributed by atoms with van der Waals surface area (Å²) >= 11 is 1.55. The Morgan fingerprint density at radius 3 is 3.06 bits per heavy atom. The van der Waals surface area contributed by atoms with Gasteiger partial charge in [-0.1, -0.05) is 6.92 Å². The molecule has 0 radical (unpaired) electrons. The third-order valence-electron chi connectivity index (χ3n) is 2.15. The molecule has 1 aromatic heterocycles. The molecular weight excluding hydrogens is 238 g/mol. The highest BCUT2D eigenvalue weighted by Crippen LogP contribution is 2.15. The fraction of sp³-hybridized carbons (Fsp3) is 0.545. The molecule has 94 valence electrons. The summed E-state index contributed by atoms with van der Waals surface area (Å²) in [6, 6.07) is 1.35. The molecule has 1 rings (SSSR count). The van der Waals surface area contributed by atoms with Crippen LogP contribution in [0.15, 0.2) is 23.6 Å². The van der Waals surface area contributed by atoms with Gasteiger partial charge in [-0.2, -0.15) is 0 Å². The molecule has 6 heteroatoms. The van der Waals surface area contributed by atoms with Crippen LogP contribution >= 0.6 is 11.8 Å². The van der Waals surface area contributed by atoms with Crippen LogP contribution in [-0.2, 0) is 4.79 Å². The van der Waals surface area contributed by atoms with Crippen LogP contribution < -0.4 is 5.32 Å². The number of carbonyl (C=O) groups is 1. The summed E-state index contributed by atoms with van der Waals surface area (Å²) in [5.74, 6) is -0.0632. The standard InChI is InChI=1S/C11H17N3O2S/c1-2-5-13-9(11(15)16)4-7-17-10-3-6-12-8-14-10/h3,6,8-9,13H,2,4-5,7H2,1H3,(H,15,16). The molecule has 1 heterocycles. The molecule has 0 fully saturated rings. The molecule has 0 aliphatic heterocycles. The van der Waals surface area contributed by atoms with Crippen LogP contribution in [0, 0.1) is 0 Å². The smallest absolute Gasteiger partial charge is 0.320 e. The summed E-state index contributed by atoms with van der Waals surface area (Å²) in [5, 5.41) is 12.9. The lowest BCUT2D eigenvalue weighted by atomic mass is 10.2. The van der Waals surface area contributed by atoms with Gasteiger partial charge in [0.25, 0.3) is 0 Å². The van der Waals surface area contributed by atoms with Crippen molar-refractivity contribution in [3.63, 3.8) is 0 Å². The SMILES string of the molecule is CCCNC(CCSc1ccncn1)C(=O)O. The van der Waals surface area contributed by atoms with Crippen LogP contribution in [0.1, 0.15) is 19.8 Å². The van der Waals surface area contributed by atoms with Crippen molar-refractivity contribution in [1.82, 2.24) is 15.3 Å². The fourth-order valence-corrected chi connectivity index (χ4v) is 2.12. The topological polar surface area (TPSA) is 75.1 Å². The number of nitrogens with one attached hydrogen (secondary N) is 1. The maximum absolute atomic E-state index is 11.0. The van der Waals surface area contributed by atoms with Gasteiger partial charge in [-0.3, -0.25) is 4.79 Å². The predicted octanol–water partition coefficient (Wildman–Crippen LogP) is 1.41. The zero-order valence-electron chi connectivity index (χ0n) is 9.80. The van der Waals surface area contributed by atoms with E-state index in [0.717, 1.165) is 23.7 Å². The third-order valence-corrected chi connectivity index (χ3v) is 3.13. The molecule has 0 amide bonds. The Balaban J connectivity index is 2.29. The van der Waals surface area contributed by atoms with E-state index in [0.29, 0.717) is 6.42 Å². The molecule has 17 heavy (non-hydrogen) atoms. The van der Waals surface area contributed by atoms with Gasteiger partial charge in [-0.25, -0.2) is 9.97 Å². The normalized spacial score (nSPS) is 12.3. The second-order valence-corrected chi connectivity index (χ2v) is 4.64. The summed E-state index contributed by atoms with van der Waals surface area (Å²) < 4.78 is 0. The van der Waals surface area contributed by atoms with Crippen LogP contribution in [0.5, 0.6) is 0 Å². The number of nitrogens with zero attached hydrogens (tertiary/aromatic N) is 2. The van der Waals surface area contributed by atoms with Crippen molar-refractivity contribution in [3.05, 3.63) is 18.6 Å². The van der Waals surface area contributed by atoms with Crippen LogP contribution in [0.4, 0.5) is 0 Å². The molecule has 1 atom stereocenters. The second-order valence-electron chi connectivity index (χ2n) is 3.53. The van der Waals surface area contributed by atoms with Crippen LogP contribution in [0.25, 0.3) is 0 Å². The largest absolute Gasteiger partial charge is 0.480 e. The van der Waals surface area contributed by atoms with Crippen molar-refractivity contribution < 1.29 is 9.90 Å². The highest BCUT2D eigenvalue weighted by Gasteiger charge is 2.15. The van der Waals surface area contributed by atoms with E-state index in [4.69, 9.17) is 5.11 Å². The lowest BCUT2D eigenvalue weighted by molar-refractivity contribution is -0.139. The lowest BCUT2D eigenvalue weighted by Gasteiger charge is -2.13. The monoisotopic (exact) mass is 255 g/mol. The van der Waals surface area contributed by atoms with Gasteiger partial charge in [0.05, 0.1) is 5.03 Å². The van der Waals surface area contributed by atoms with Crippen molar-refractivity contribution in [2.75, 3.05) is 12.3 Å². The predicted molar refractivity (Wildman–Crippen MR) is 67.1 cm³/mol. The molecule has 0 spiro atoms. The third kappa shape index (κ3) is 5.65. The minimum atomic E-state index is -0.790.